The topological polar surface area (TPSA) is 214 Å². The van der Waals surface area contributed by atoms with Gasteiger partial charge in [-0.1, -0.05) is 12.1 Å². The van der Waals surface area contributed by atoms with E-state index in [2.05, 4.69) is 10.2 Å². The second-order valence-corrected chi connectivity index (χ2v) is 10.3. The maximum atomic E-state index is 11.8. The molecule has 31 heavy (non-hydrogen) atoms. The third-order valence-corrected chi connectivity index (χ3v) is 6.73. The quantitative estimate of drug-likeness (QED) is 0.234. The van der Waals surface area contributed by atoms with E-state index in [0.29, 0.717) is 0 Å². The molecule has 0 aliphatic carbocycles. The Hall–Kier alpha value is -2.95. The molecule has 0 unspecified atom stereocenters. The van der Waals surface area contributed by atoms with E-state index in [0.717, 1.165) is 30.3 Å². The lowest BCUT2D eigenvalue weighted by Crippen LogP contribution is -2.03. The Morgan fingerprint density at radius 2 is 1.16 bits per heavy atom. The molecular formula is C16H13N3O9S3. The zero-order chi connectivity index (χ0) is 23.2. The Kier molecular flexibility index (Phi) is 5.59. The van der Waals surface area contributed by atoms with Crippen LogP contribution in [0.5, 0.6) is 0 Å². The van der Waals surface area contributed by atoms with Gasteiger partial charge in [-0.2, -0.15) is 35.5 Å². The van der Waals surface area contributed by atoms with E-state index >= 15 is 0 Å². The highest BCUT2D eigenvalue weighted by molar-refractivity contribution is 7.86. The summed E-state index contributed by atoms with van der Waals surface area (Å²) in [4.78, 5) is -1.96. The van der Waals surface area contributed by atoms with Crippen molar-refractivity contribution in [2.45, 2.75) is 14.7 Å². The highest BCUT2D eigenvalue weighted by atomic mass is 32.2. The number of hydrogen-bond acceptors (Lipinski definition) is 9. The van der Waals surface area contributed by atoms with Gasteiger partial charge in [-0.25, -0.2) is 0 Å². The fraction of sp³-hybridized carbons (Fsp3) is 0. The zero-order valence-corrected chi connectivity index (χ0v) is 17.6. The predicted molar refractivity (Wildman–Crippen MR) is 108 cm³/mol. The fourth-order valence-electron chi connectivity index (χ4n) is 2.73. The molecule has 15 heteroatoms. The van der Waals surface area contributed by atoms with E-state index in [-0.39, 0.29) is 27.8 Å². The fourth-order valence-corrected chi connectivity index (χ4v) is 4.79. The van der Waals surface area contributed by atoms with Crippen molar-refractivity contribution in [3.8, 4) is 0 Å². The minimum Gasteiger partial charge on any atom is -0.398 e. The van der Waals surface area contributed by atoms with Crippen LogP contribution in [0.15, 0.2) is 73.4 Å². The number of nitrogens with two attached hydrogens (primary N) is 1. The van der Waals surface area contributed by atoms with Gasteiger partial charge in [0.1, 0.15) is 14.7 Å². The van der Waals surface area contributed by atoms with Gasteiger partial charge in [0.25, 0.3) is 30.4 Å². The first-order valence-corrected chi connectivity index (χ1v) is 12.3. The lowest BCUT2D eigenvalue weighted by atomic mass is 10.1. The average Bonchev–Trinajstić information content (AvgIpc) is 2.63. The highest BCUT2D eigenvalue weighted by Gasteiger charge is 2.21. The van der Waals surface area contributed by atoms with Crippen molar-refractivity contribution in [2.75, 3.05) is 5.73 Å². The summed E-state index contributed by atoms with van der Waals surface area (Å²) in [5, 5.41) is 7.00. The maximum absolute atomic E-state index is 11.8. The Labute approximate surface area is 176 Å². The van der Waals surface area contributed by atoms with E-state index in [9.17, 15) is 38.9 Å². The summed E-state index contributed by atoms with van der Waals surface area (Å²) >= 11 is 0. The number of benzene rings is 3. The van der Waals surface area contributed by atoms with Crippen LogP contribution >= 0.6 is 0 Å². The van der Waals surface area contributed by atoms with Gasteiger partial charge in [-0.3, -0.25) is 13.7 Å². The smallest absolute Gasteiger partial charge is 0.296 e. The van der Waals surface area contributed by atoms with E-state index in [4.69, 9.17) is 5.73 Å². The third-order valence-electron chi connectivity index (χ3n) is 4.01. The van der Waals surface area contributed by atoms with Gasteiger partial charge >= 0.3 is 0 Å². The second kappa shape index (κ2) is 7.63. The molecule has 0 aromatic heterocycles. The Morgan fingerprint density at radius 1 is 0.613 bits per heavy atom. The van der Waals surface area contributed by atoms with Crippen LogP contribution < -0.4 is 5.73 Å². The summed E-state index contributed by atoms with van der Waals surface area (Å²) in [5.74, 6) is 0. The van der Waals surface area contributed by atoms with Crippen molar-refractivity contribution in [1.82, 2.24) is 0 Å². The van der Waals surface area contributed by atoms with Crippen LogP contribution in [0.3, 0.4) is 0 Å². The minimum atomic E-state index is -4.84. The van der Waals surface area contributed by atoms with Crippen LogP contribution in [0.4, 0.5) is 17.1 Å². The zero-order valence-electron chi connectivity index (χ0n) is 15.1. The molecule has 3 rings (SSSR count). The highest BCUT2D eigenvalue weighted by Crippen LogP contribution is 2.34. The van der Waals surface area contributed by atoms with Crippen molar-refractivity contribution in [3.05, 3.63) is 48.5 Å². The lowest BCUT2D eigenvalue weighted by molar-refractivity contribution is 0.481. The Bertz CT molecular complexity index is 1560. The summed E-state index contributed by atoms with van der Waals surface area (Å²) in [6.45, 7) is 0. The van der Waals surface area contributed by atoms with Crippen molar-refractivity contribution in [2.24, 2.45) is 10.2 Å². The van der Waals surface area contributed by atoms with Crippen molar-refractivity contribution in [1.29, 1.82) is 0 Å². The first kappa shape index (κ1) is 22.7. The van der Waals surface area contributed by atoms with E-state index in [1.165, 1.54) is 18.2 Å². The molecule has 5 N–H and O–H groups in total. The van der Waals surface area contributed by atoms with Crippen molar-refractivity contribution in [3.63, 3.8) is 0 Å². The number of hydrogen-bond donors (Lipinski definition) is 4. The lowest BCUT2D eigenvalue weighted by Gasteiger charge is -2.08. The van der Waals surface area contributed by atoms with Crippen LogP contribution in [-0.4, -0.2) is 38.9 Å². The van der Waals surface area contributed by atoms with Crippen LogP contribution in [0.1, 0.15) is 0 Å². The van der Waals surface area contributed by atoms with Crippen molar-refractivity contribution < 1.29 is 38.9 Å². The van der Waals surface area contributed by atoms with Crippen LogP contribution in [0, 0.1) is 0 Å². The maximum Gasteiger partial charge on any atom is 0.296 e. The van der Waals surface area contributed by atoms with E-state index in [1.54, 1.807) is 0 Å². The number of fused-ring (bicyclic) bond motifs is 1. The molecule has 0 amide bonds. The van der Waals surface area contributed by atoms with E-state index < -0.39 is 45.0 Å². The van der Waals surface area contributed by atoms with Gasteiger partial charge < -0.3 is 5.73 Å². The number of anilines is 1. The summed E-state index contributed by atoms with van der Waals surface area (Å²) < 4.78 is 97.7. The molecule has 0 spiro atoms. The molecule has 3 aromatic carbocycles. The summed E-state index contributed by atoms with van der Waals surface area (Å²) in [6.07, 6.45) is 0. The molecule has 0 bridgehead atoms. The average molecular weight is 487 g/mol. The number of nitrogens with zero attached hydrogens (tertiary/aromatic N) is 2. The molecule has 0 saturated carbocycles. The Morgan fingerprint density at radius 3 is 1.74 bits per heavy atom. The third kappa shape index (κ3) is 4.87. The van der Waals surface area contributed by atoms with Gasteiger partial charge in [-0.05, 0) is 36.4 Å². The summed E-state index contributed by atoms with van der Waals surface area (Å²) in [7, 11) is -14.2. The molecule has 0 aliphatic rings. The summed E-state index contributed by atoms with van der Waals surface area (Å²) in [5.41, 5.74) is 4.89. The van der Waals surface area contributed by atoms with Crippen molar-refractivity contribution >= 4 is 58.2 Å². The van der Waals surface area contributed by atoms with Gasteiger partial charge in [0, 0.05) is 10.8 Å². The summed E-state index contributed by atoms with van der Waals surface area (Å²) in [6, 6.07) is 8.69. The van der Waals surface area contributed by atoms with Crippen LogP contribution in [0.2, 0.25) is 0 Å². The molecule has 0 aliphatic heterocycles. The molecule has 12 nitrogen and oxygen atoms in total. The second-order valence-electron chi connectivity index (χ2n) is 6.14. The van der Waals surface area contributed by atoms with Gasteiger partial charge in [0.05, 0.1) is 17.1 Å². The molecule has 3 aromatic rings. The molecular weight excluding hydrogens is 474 g/mol. The normalized spacial score (nSPS) is 13.1. The minimum absolute atomic E-state index is 0.0987. The van der Waals surface area contributed by atoms with Gasteiger partial charge in [0.15, 0.2) is 0 Å². The van der Waals surface area contributed by atoms with Crippen LogP contribution in [-0.2, 0) is 30.4 Å². The number of nitrogen functional groups attached to an aromatic ring is 1. The Balaban J connectivity index is 2.24. The van der Waals surface area contributed by atoms with Crippen LogP contribution in [0.25, 0.3) is 10.8 Å². The van der Waals surface area contributed by atoms with Gasteiger partial charge in [-0.15, -0.1) is 0 Å². The number of rotatable bonds is 5. The molecule has 0 radical (unpaired) electrons. The van der Waals surface area contributed by atoms with E-state index in [1.807, 2.05) is 0 Å². The van der Waals surface area contributed by atoms with Gasteiger partial charge in [0.2, 0.25) is 0 Å². The predicted octanol–water partition coefficient (Wildman–Crippen LogP) is 2.58. The standard InChI is InChI=1S/C16H13N3O9S3/c17-13-5-4-9(7-16(13)31(26,27)28)18-19-10-6-12-11(15(8-10)30(23,24)25)2-1-3-14(12)29(20,21)22/h1-8H,17H2,(H,20,21,22)(H,23,24,25)(H,26,27,28). The molecule has 0 saturated heterocycles. The molecule has 0 atom stereocenters. The first-order valence-electron chi connectivity index (χ1n) is 7.98. The first-order chi connectivity index (χ1) is 14.2. The molecule has 164 valence electrons. The molecule has 0 fully saturated rings. The number of azo groups is 1. The SMILES string of the molecule is Nc1ccc(N=Nc2cc(S(=O)(=O)O)c3cccc(S(=O)(=O)O)c3c2)cc1S(=O)(=O)O. The monoisotopic (exact) mass is 487 g/mol. The molecule has 0 heterocycles. The largest absolute Gasteiger partial charge is 0.398 e.